The standard InChI is InChI=1S/C13H15NS/c1-2-7-13-10(5-1)11(9-15-13)12-6-3-4-8-14-12/h1-2,5,7,9,12,14H,3-4,6,8H2. The Kier molecular flexibility index (Phi) is 2.47. The molecule has 1 aromatic carbocycles. The van der Waals surface area contributed by atoms with Crippen molar-refractivity contribution in [1.29, 1.82) is 0 Å². The van der Waals surface area contributed by atoms with Gasteiger partial charge in [0, 0.05) is 10.7 Å². The first-order valence-corrected chi connectivity index (χ1v) is 6.52. The molecule has 0 saturated carbocycles. The third-order valence-corrected chi connectivity index (χ3v) is 4.18. The first-order chi connectivity index (χ1) is 7.45. The summed E-state index contributed by atoms with van der Waals surface area (Å²) in [7, 11) is 0. The predicted molar refractivity (Wildman–Crippen MR) is 66.4 cm³/mol. The molecule has 1 nitrogen and oxygen atoms in total. The molecule has 15 heavy (non-hydrogen) atoms. The summed E-state index contributed by atoms with van der Waals surface area (Å²) in [6.45, 7) is 1.18. The van der Waals surface area contributed by atoms with E-state index in [9.17, 15) is 0 Å². The molecule has 2 heterocycles. The lowest BCUT2D eigenvalue weighted by atomic mass is 9.97. The Balaban J connectivity index is 2.02. The van der Waals surface area contributed by atoms with Crippen LogP contribution in [-0.2, 0) is 0 Å². The number of thiophene rings is 1. The average molecular weight is 217 g/mol. The van der Waals surface area contributed by atoms with Crippen molar-refractivity contribution >= 4 is 21.4 Å². The van der Waals surface area contributed by atoms with Crippen LogP contribution in [0.15, 0.2) is 29.6 Å². The van der Waals surface area contributed by atoms with Gasteiger partial charge in [-0.15, -0.1) is 11.3 Å². The molecule has 1 aliphatic rings. The third kappa shape index (κ3) is 1.68. The molecule has 1 N–H and O–H groups in total. The summed E-state index contributed by atoms with van der Waals surface area (Å²) in [6, 6.07) is 9.32. The van der Waals surface area contributed by atoms with Crippen LogP contribution >= 0.6 is 11.3 Å². The van der Waals surface area contributed by atoms with Crippen molar-refractivity contribution in [3.05, 3.63) is 35.2 Å². The smallest absolute Gasteiger partial charge is 0.0346 e. The fourth-order valence-corrected chi connectivity index (χ4v) is 3.40. The highest BCUT2D eigenvalue weighted by atomic mass is 32.1. The first kappa shape index (κ1) is 9.37. The number of benzene rings is 1. The van der Waals surface area contributed by atoms with E-state index >= 15 is 0 Å². The third-order valence-electron chi connectivity index (χ3n) is 3.20. The molecule has 0 aliphatic carbocycles. The Morgan fingerprint density at radius 2 is 2.13 bits per heavy atom. The minimum Gasteiger partial charge on any atom is -0.310 e. The lowest BCUT2D eigenvalue weighted by Crippen LogP contribution is -2.26. The number of piperidine rings is 1. The van der Waals surface area contributed by atoms with Crippen LogP contribution in [0, 0.1) is 0 Å². The Morgan fingerprint density at radius 3 is 3.00 bits per heavy atom. The second-order valence-electron chi connectivity index (χ2n) is 4.19. The van der Waals surface area contributed by atoms with Gasteiger partial charge >= 0.3 is 0 Å². The van der Waals surface area contributed by atoms with Gasteiger partial charge in [-0.05, 0) is 41.8 Å². The maximum Gasteiger partial charge on any atom is 0.0346 e. The number of hydrogen-bond donors (Lipinski definition) is 1. The summed E-state index contributed by atoms with van der Waals surface area (Å²) in [4.78, 5) is 0. The number of fused-ring (bicyclic) bond motifs is 1. The highest BCUT2D eigenvalue weighted by Gasteiger charge is 2.17. The Hall–Kier alpha value is -0.860. The van der Waals surface area contributed by atoms with Crippen LogP contribution in [0.4, 0.5) is 0 Å². The van der Waals surface area contributed by atoms with Gasteiger partial charge in [-0.1, -0.05) is 24.6 Å². The number of hydrogen-bond acceptors (Lipinski definition) is 2. The normalized spacial score (nSPS) is 22.0. The van der Waals surface area contributed by atoms with Gasteiger partial charge in [-0.2, -0.15) is 0 Å². The lowest BCUT2D eigenvalue weighted by molar-refractivity contribution is 0.415. The monoisotopic (exact) mass is 217 g/mol. The van der Waals surface area contributed by atoms with Crippen molar-refractivity contribution in [2.45, 2.75) is 25.3 Å². The van der Waals surface area contributed by atoms with Crippen molar-refractivity contribution in [1.82, 2.24) is 5.32 Å². The quantitative estimate of drug-likeness (QED) is 0.767. The molecule has 3 rings (SSSR count). The second-order valence-corrected chi connectivity index (χ2v) is 5.10. The number of nitrogens with one attached hydrogen (secondary N) is 1. The minimum atomic E-state index is 0.592. The summed E-state index contributed by atoms with van der Waals surface area (Å²) < 4.78 is 1.42. The van der Waals surface area contributed by atoms with E-state index < -0.39 is 0 Å². The molecule has 78 valence electrons. The van der Waals surface area contributed by atoms with Gasteiger partial charge in [0.1, 0.15) is 0 Å². The van der Waals surface area contributed by atoms with Crippen molar-refractivity contribution in [3.63, 3.8) is 0 Å². The molecule has 1 saturated heterocycles. The zero-order chi connectivity index (χ0) is 10.1. The van der Waals surface area contributed by atoms with Gasteiger partial charge in [-0.25, -0.2) is 0 Å². The van der Waals surface area contributed by atoms with E-state index in [1.165, 1.54) is 41.5 Å². The van der Waals surface area contributed by atoms with Gasteiger partial charge in [0.15, 0.2) is 0 Å². The molecule has 2 aromatic rings. The van der Waals surface area contributed by atoms with E-state index in [1.54, 1.807) is 0 Å². The van der Waals surface area contributed by atoms with Crippen LogP contribution in [0.1, 0.15) is 30.9 Å². The zero-order valence-electron chi connectivity index (χ0n) is 8.70. The Labute approximate surface area is 94.1 Å². The molecule has 0 radical (unpaired) electrons. The maximum absolute atomic E-state index is 3.62. The van der Waals surface area contributed by atoms with E-state index in [4.69, 9.17) is 0 Å². The molecule has 0 spiro atoms. The van der Waals surface area contributed by atoms with Crippen LogP contribution in [0.25, 0.3) is 10.1 Å². The summed E-state index contributed by atoms with van der Waals surface area (Å²) >= 11 is 1.87. The molecule has 1 fully saturated rings. The molecule has 0 bridgehead atoms. The second kappa shape index (κ2) is 3.95. The largest absolute Gasteiger partial charge is 0.310 e. The van der Waals surface area contributed by atoms with Crippen molar-refractivity contribution in [3.8, 4) is 0 Å². The number of rotatable bonds is 1. The molecule has 1 unspecified atom stereocenters. The van der Waals surface area contributed by atoms with Crippen LogP contribution in [-0.4, -0.2) is 6.54 Å². The fraction of sp³-hybridized carbons (Fsp3) is 0.385. The summed E-state index contributed by atoms with van der Waals surface area (Å²) in [5.74, 6) is 0. The van der Waals surface area contributed by atoms with Gasteiger partial charge in [0.25, 0.3) is 0 Å². The molecule has 2 heteroatoms. The van der Waals surface area contributed by atoms with Crippen molar-refractivity contribution < 1.29 is 0 Å². The first-order valence-electron chi connectivity index (χ1n) is 5.65. The summed E-state index contributed by atoms with van der Waals surface area (Å²) in [6.07, 6.45) is 3.99. The molecular formula is C13H15NS. The Morgan fingerprint density at radius 1 is 1.20 bits per heavy atom. The molecule has 1 aromatic heterocycles. The fourth-order valence-electron chi connectivity index (χ4n) is 2.39. The van der Waals surface area contributed by atoms with E-state index in [0.717, 1.165) is 0 Å². The zero-order valence-corrected chi connectivity index (χ0v) is 9.52. The molecule has 1 atom stereocenters. The van der Waals surface area contributed by atoms with Gasteiger partial charge in [0.05, 0.1) is 0 Å². The highest BCUT2D eigenvalue weighted by Crippen LogP contribution is 2.33. The summed E-state index contributed by atoms with van der Waals surface area (Å²) in [5.41, 5.74) is 1.51. The molecule has 0 amide bonds. The van der Waals surface area contributed by atoms with Crippen LogP contribution in [0.3, 0.4) is 0 Å². The molecule has 1 aliphatic heterocycles. The molecular weight excluding hydrogens is 202 g/mol. The SMILES string of the molecule is c1ccc2c(C3CCCCN3)csc2c1. The van der Waals surface area contributed by atoms with Crippen LogP contribution in [0.5, 0.6) is 0 Å². The minimum absolute atomic E-state index is 0.592. The van der Waals surface area contributed by atoms with Gasteiger partial charge in [0.2, 0.25) is 0 Å². The highest BCUT2D eigenvalue weighted by molar-refractivity contribution is 7.17. The predicted octanol–water partition coefficient (Wildman–Crippen LogP) is 3.72. The van der Waals surface area contributed by atoms with E-state index in [-0.39, 0.29) is 0 Å². The van der Waals surface area contributed by atoms with Gasteiger partial charge < -0.3 is 5.32 Å². The van der Waals surface area contributed by atoms with E-state index in [0.29, 0.717) is 6.04 Å². The van der Waals surface area contributed by atoms with Crippen molar-refractivity contribution in [2.24, 2.45) is 0 Å². The topological polar surface area (TPSA) is 12.0 Å². The van der Waals surface area contributed by atoms with Crippen molar-refractivity contribution in [2.75, 3.05) is 6.54 Å². The van der Waals surface area contributed by atoms with E-state index in [2.05, 4.69) is 35.0 Å². The summed E-state index contributed by atoms with van der Waals surface area (Å²) in [5, 5.41) is 7.39. The average Bonchev–Trinajstić information content (AvgIpc) is 2.74. The van der Waals surface area contributed by atoms with Crippen LogP contribution in [0.2, 0.25) is 0 Å². The van der Waals surface area contributed by atoms with Crippen LogP contribution < -0.4 is 5.32 Å². The van der Waals surface area contributed by atoms with E-state index in [1.807, 2.05) is 11.3 Å². The van der Waals surface area contributed by atoms with Gasteiger partial charge in [-0.3, -0.25) is 0 Å². The Bertz CT molecular complexity index is 454. The lowest BCUT2D eigenvalue weighted by Gasteiger charge is -2.23. The maximum atomic E-state index is 3.62.